The molecule has 0 fully saturated rings. The third kappa shape index (κ3) is 7.71. The molecule has 1 aliphatic heterocycles. The molecule has 1 aliphatic rings. The summed E-state index contributed by atoms with van der Waals surface area (Å²) < 4.78 is 2.51. The molecule has 13 aromatic carbocycles. The molecule has 0 saturated carbocycles. The predicted octanol–water partition coefficient (Wildman–Crippen LogP) is 21.2. The Morgan fingerprint density at radius 3 is 1.08 bits per heavy atom. The van der Waals surface area contributed by atoms with E-state index < -0.39 is 10.0 Å². The van der Waals surface area contributed by atoms with Crippen molar-refractivity contribution in [3.8, 4) is 94.7 Å². The highest BCUT2D eigenvalue weighted by molar-refractivity contribution is 8.33. The lowest BCUT2D eigenvalue weighted by Gasteiger charge is -2.29. The number of aromatic nitrogens is 1. The third-order valence-corrected chi connectivity index (χ3v) is 19.4. The number of fused-ring (bicyclic) bond motifs is 9. The SMILES string of the molecule is CS1(C)c2cc(-c3cc4ccccc4c4ccccc34)ccc2-c2ccc(-n3c4ccc(-c5ccc(-c6ccc(-c7ccccc7)cc6)cc5)cc4c4cc(-c5ccc(-c6ccc(-c7ccccc7)cc6)cc5)ccc43)cc21. The van der Waals surface area contributed by atoms with Gasteiger partial charge in [0.1, 0.15) is 0 Å². The Balaban J connectivity index is 0.812. The number of hydrogen-bond donors (Lipinski definition) is 0. The van der Waals surface area contributed by atoms with Crippen LogP contribution in [0.1, 0.15) is 0 Å². The average molecular weight is 1010 g/mol. The standard InChI is InChI=1S/C76H53NS/c1-78(2)75-48-63(70-47-62-17-9-10-18-65(62)66-19-11-12-20-67(66)70)37-41-68(75)69-42-40-64(49-76(69)78)77-73-43-38-60(58-33-29-56(30-34-58)54-25-21-52(22-26-54)50-13-5-3-6-14-50)45-71(73)72-46-61(39-44-74(72)77)59-35-31-57(32-36-59)55-27-23-53(24-28-55)51-15-7-4-8-16-51/h3-49H,1-2H3. The number of rotatable bonds is 8. The summed E-state index contributed by atoms with van der Waals surface area (Å²) in [5.41, 5.74) is 23.4. The fraction of sp³-hybridized carbons (Fsp3) is 0.0263. The highest BCUT2D eigenvalue weighted by atomic mass is 32.3. The first-order chi connectivity index (χ1) is 38.4. The minimum Gasteiger partial charge on any atom is -0.309 e. The van der Waals surface area contributed by atoms with Crippen molar-refractivity contribution in [2.75, 3.05) is 12.5 Å². The predicted molar refractivity (Wildman–Crippen MR) is 335 cm³/mol. The topological polar surface area (TPSA) is 4.93 Å². The molecule has 1 nitrogen and oxygen atoms in total. The van der Waals surface area contributed by atoms with Gasteiger partial charge in [0.25, 0.3) is 0 Å². The van der Waals surface area contributed by atoms with Crippen LogP contribution in [0.2, 0.25) is 0 Å². The van der Waals surface area contributed by atoms with E-state index in [1.165, 1.54) is 148 Å². The van der Waals surface area contributed by atoms with Crippen molar-refractivity contribution in [3.05, 3.63) is 285 Å². The van der Waals surface area contributed by atoms with Gasteiger partial charge in [-0.1, -0.05) is 237 Å². The van der Waals surface area contributed by atoms with E-state index >= 15 is 0 Å². The Morgan fingerprint density at radius 2 is 0.590 bits per heavy atom. The minimum atomic E-state index is -1.39. The monoisotopic (exact) mass is 1010 g/mol. The molecule has 14 aromatic rings. The lowest BCUT2D eigenvalue weighted by Crippen LogP contribution is -1.98. The fourth-order valence-corrected chi connectivity index (χ4v) is 14.9. The van der Waals surface area contributed by atoms with Gasteiger partial charge in [0.15, 0.2) is 0 Å². The highest BCUT2D eigenvalue weighted by Crippen LogP contribution is 2.68. The Kier molecular flexibility index (Phi) is 10.8. The lowest BCUT2D eigenvalue weighted by atomic mass is 9.92. The van der Waals surface area contributed by atoms with Gasteiger partial charge in [0.05, 0.1) is 11.0 Å². The van der Waals surface area contributed by atoms with Crippen molar-refractivity contribution in [2.24, 2.45) is 0 Å². The summed E-state index contributed by atoms with van der Waals surface area (Å²) in [5, 5.41) is 7.64. The van der Waals surface area contributed by atoms with E-state index in [0.717, 1.165) is 0 Å². The van der Waals surface area contributed by atoms with Crippen molar-refractivity contribution in [1.29, 1.82) is 0 Å². The first kappa shape index (κ1) is 45.9. The van der Waals surface area contributed by atoms with Gasteiger partial charge in [-0.15, -0.1) is 0 Å². The molecule has 15 rings (SSSR count). The van der Waals surface area contributed by atoms with Gasteiger partial charge in [-0.25, -0.2) is 0 Å². The maximum atomic E-state index is 2.51. The van der Waals surface area contributed by atoms with Crippen LogP contribution in [0.25, 0.3) is 138 Å². The van der Waals surface area contributed by atoms with E-state index in [1.807, 2.05) is 0 Å². The molecule has 1 aromatic heterocycles. The van der Waals surface area contributed by atoms with Gasteiger partial charge in [-0.3, -0.25) is 0 Å². The second-order valence-electron chi connectivity index (χ2n) is 21.2. The van der Waals surface area contributed by atoms with Crippen LogP contribution in [0.4, 0.5) is 0 Å². The normalized spacial score (nSPS) is 13.0. The molecule has 0 bridgehead atoms. The van der Waals surface area contributed by atoms with E-state index in [0.29, 0.717) is 0 Å². The number of hydrogen-bond acceptors (Lipinski definition) is 0. The maximum absolute atomic E-state index is 2.51. The summed E-state index contributed by atoms with van der Waals surface area (Å²) in [5.74, 6) is 0. The molecule has 0 N–H and O–H groups in total. The van der Waals surface area contributed by atoms with Crippen LogP contribution in [0.5, 0.6) is 0 Å². The fourth-order valence-electron chi connectivity index (χ4n) is 12.4. The van der Waals surface area contributed by atoms with Gasteiger partial charge in [0.2, 0.25) is 0 Å². The average Bonchev–Trinajstić information content (AvgIpc) is 4.20. The van der Waals surface area contributed by atoms with Crippen LogP contribution >= 0.6 is 10.0 Å². The molecule has 0 atom stereocenters. The van der Waals surface area contributed by atoms with Crippen LogP contribution in [0.3, 0.4) is 0 Å². The molecule has 0 radical (unpaired) electrons. The van der Waals surface area contributed by atoms with Gasteiger partial charge < -0.3 is 4.57 Å². The Hall–Kier alpha value is -9.47. The zero-order valence-corrected chi connectivity index (χ0v) is 44.3. The summed E-state index contributed by atoms with van der Waals surface area (Å²) >= 11 is 0. The molecule has 78 heavy (non-hydrogen) atoms. The zero-order chi connectivity index (χ0) is 51.9. The molecular weight excluding hydrogens is 959 g/mol. The first-order valence-electron chi connectivity index (χ1n) is 26.9. The van der Waals surface area contributed by atoms with Crippen LogP contribution in [0.15, 0.2) is 295 Å². The van der Waals surface area contributed by atoms with E-state index in [9.17, 15) is 0 Å². The lowest BCUT2D eigenvalue weighted by molar-refractivity contribution is 1.16. The molecule has 368 valence electrons. The van der Waals surface area contributed by atoms with E-state index in [-0.39, 0.29) is 0 Å². The number of benzene rings is 13. The quantitative estimate of drug-likeness (QED) is 0.134. The van der Waals surface area contributed by atoms with Crippen LogP contribution < -0.4 is 0 Å². The summed E-state index contributed by atoms with van der Waals surface area (Å²) in [6.07, 6.45) is 4.98. The Labute approximate surface area is 457 Å². The largest absolute Gasteiger partial charge is 0.309 e. The Morgan fingerprint density at radius 1 is 0.231 bits per heavy atom. The van der Waals surface area contributed by atoms with Crippen LogP contribution in [-0.4, -0.2) is 17.1 Å². The second-order valence-corrected chi connectivity index (χ2v) is 24.8. The summed E-state index contributed by atoms with van der Waals surface area (Å²) in [7, 11) is -1.39. The second kappa shape index (κ2) is 18.4. The summed E-state index contributed by atoms with van der Waals surface area (Å²) in [6.45, 7) is 0. The van der Waals surface area contributed by atoms with Crippen LogP contribution in [-0.2, 0) is 0 Å². The van der Waals surface area contributed by atoms with Crippen molar-refractivity contribution < 1.29 is 0 Å². The molecule has 0 saturated heterocycles. The molecular formula is C76H53NS. The summed E-state index contributed by atoms with van der Waals surface area (Å²) in [6, 6.07) is 106. The minimum absolute atomic E-state index is 1.19. The number of nitrogens with zero attached hydrogens (tertiary/aromatic N) is 1. The Bertz CT molecular complexity index is 4440. The molecule has 2 heterocycles. The maximum Gasteiger partial charge on any atom is 0.0541 e. The molecule has 0 aliphatic carbocycles. The van der Waals surface area contributed by atoms with Gasteiger partial charge in [-0.2, -0.15) is 10.0 Å². The molecule has 0 spiro atoms. The van der Waals surface area contributed by atoms with E-state index in [2.05, 4.69) is 302 Å². The van der Waals surface area contributed by atoms with Crippen molar-refractivity contribution in [1.82, 2.24) is 4.57 Å². The zero-order valence-electron chi connectivity index (χ0n) is 43.5. The van der Waals surface area contributed by atoms with Crippen molar-refractivity contribution in [2.45, 2.75) is 9.79 Å². The smallest absolute Gasteiger partial charge is 0.0541 e. The highest BCUT2D eigenvalue weighted by Gasteiger charge is 2.33. The van der Waals surface area contributed by atoms with Crippen molar-refractivity contribution >= 4 is 53.4 Å². The van der Waals surface area contributed by atoms with Crippen molar-refractivity contribution in [3.63, 3.8) is 0 Å². The molecule has 0 amide bonds. The first-order valence-corrected chi connectivity index (χ1v) is 29.4. The van der Waals surface area contributed by atoms with E-state index in [1.54, 1.807) is 0 Å². The van der Waals surface area contributed by atoms with Gasteiger partial charge in [0, 0.05) is 26.3 Å². The third-order valence-electron chi connectivity index (χ3n) is 16.5. The van der Waals surface area contributed by atoms with E-state index in [4.69, 9.17) is 0 Å². The summed E-state index contributed by atoms with van der Waals surface area (Å²) in [4.78, 5) is 2.88. The van der Waals surface area contributed by atoms with Crippen LogP contribution in [0, 0.1) is 0 Å². The molecule has 2 heteroatoms. The van der Waals surface area contributed by atoms with Gasteiger partial charge in [-0.05, 0) is 172 Å². The van der Waals surface area contributed by atoms with Gasteiger partial charge >= 0.3 is 0 Å². The molecule has 0 unspecified atom stereocenters.